The van der Waals surface area contributed by atoms with Crippen molar-refractivity contribution in [1.82, 2.24) is 15.5 Å². The second kappa shape index (κ2) is 7.42. The molecule has 0 aromatic carbocycles. The maximum Gasteiger partial charge on any atom is 0.277 e. The fourth-order valence-corrected chi connectivity index (χ4v) is 3.72. The molecule has 2 heterocycles. The summed E-state index contributed by atoms with van der Waals surface area (Å²) in [5.41, 5.74) is 0.781. The van der Waals surface area contributed by atoms with Gasteiger partial charge in [-0.15, -0.1) is 10.2 Å². The van der Waals surface area contributed by atoms with Crippen LogP contribution >= 0.6 is 11.8 Å². The average Bonchev–Trinajstić information content (AvgIpc) is 3.18. The lowest BCUT2D eigenvalue weighted by Gasteiger charge is -2.34. The molecule has 1 fully saturated rings. The van der Waals surface area contributed by atoms with Gasteiger partial charge in [0.2, 0.25) is 5.91 Å². The first-order valence-corrected chi connectivity index (χ1v) is 9.33. The lowest BCUT2D eigenvalue weighted by molar-refractivity contribution is -0.120. The second-order valence-corrected chi connectivity index (χ2v) is 7.42. The normalized spacial score (nSPS) is 24.0. The SMILES string of the molecule is Cc1occc1-c1nnc(SCC(=O)NC2CCCC(C)C2C)o1. The second-order valence-electron chi connectivity index (χ2n) is 6.49. The lowest BCUT2D eigenvalue weighted by atomic mass is 9.78. The van der Waals surface area contributed by atoms with Gasteiger partial charge in [0.1, 0.15) is 5.76 Å². The van der Waals surface area contributed by atoms with Crippen molar-refractivity contribution in [1.29, 1.82) is 0 Å². The standard InChI is InChI=1S/C17H23N3O3S/c1-10-5-4-6-14(11(10)2)18-15(21)9-24-17-20-19-16(23-17)13-7-8-22-12(13)3/h7-8,10-11,14H,4-6,9H2,1-3H3,(H,18,21). The minimum atomic E-state index is 0.0187. The number of hydrogen-bond acceptors (Lipinski definition) is 6. The van der Waals surface area contributed by atoms with E-state index in [-0.39, 0.29) is 17.7 Å². The Balaban J connectivity index is 1.52. The summed E-state index contributed by atoms with van der Waals surface area (Å²) in [4.78, 5) is 12.2. The quantitative estimate of drug-likeness (QED) is 0.830. The van der Waals surface area contributed by atoms with E-state index in [0.29, 0.717) is 22.9 Å². The van der Waals surface area contributed by atoms with Crippen LogP contribution in [0.1, 0.15) is 38.9 Å². The van der Waals surface area contributed by atoms with Crippen LogP contribution in [0.15, 0.2) is 26.4 Å². The van der Waals surface area contributed by atoms with Crippen LogP contribution in [0.5, 0.6) is 0 Å². The van der Waals surface area contributed by atoms with Crippen molar-refractivity contribution >= 4 is 17.7 Å². The molecule has 0 aliphatic heterocycles. The molecule has 0 spiro atoms. The third-order valence-electron chi connectivity index (χ3n) is 4.88. The fraction of sp³-hybridized carbons (Fsp3) is 0.588. The summed E-state index contributed by atoms with van der Waals surface area (Å²) in [5.74, 6) is 2.63. The van der Waals surface area contributed by atoms with E-state index in [0.717, 1.165) is 17.7 Å². The van der Waals surface area contributed by atoms with E-state index in [1.54, 1.807) is 12.3 Å². The summed E-state index contributed by atoms with van der Waals surface area (Å²) in [6.45, 7) is 6.32. The van der Waals surface area contributed by atoms with E-state index in [2.05, 4.69) is 29.4 Å². The minimum Gasteiger partial charge on any atom is -0.469 e. The van der Waals surface area contributed by atoms with Gasteiger partial charge in [0.25, 0.3) is 11.1 Å². The molecule has 130 valence electrons. The Morgan fingerprint density at radius 3 is 2.96 bits per heavy atom. The molecule has 6 nitrogen and oxygen atoms in total. The Bertz CT molecular complexity index is 697. The van der Waals surface area contributed by atoms with Gasteiger partial charge < -0.3 is 14.2 Å². The Hall–Kier alpha value is -1.76. The van der Waals surface area contributed by atoms with Crippen LogP contribution in [0, 0.1) is 18.8 Å². The van der Waals surface area contributed by atoms with Crippen molar-refractivity contribution in [3.63, 3.8) is 0 Å². The molecule has 1 aliphatic carbocycles. The summed E-state index contributed by atoms with van der Waals surface area (Å²) >= 11 is 1.26. The van der Waals surface area contributed by atoms with Crippen LogP contribution < -0.4 is 5.32 Å². The number of thioether (sulfide) groups is 1. The lowest BCUT2D eigenvalue weighted by Crippen LogP contribution is -2.44. The maximum atomic E-state index is 12.2. The predicted octanol–water partition coefficient (Wildman–Crippen LogP) is 3.67. The first kappa shape index (κ1) is 17.1. The molecule has 2 aromatic heterocycles. The zero-order valence-corrected chi connectivity index (χ0v) is 15.1. The molecule has 1 saturated carbocycles. The van der Waals surface area contributed by atoms with Crippen LogP contribution in [-0.4, -0.2) is 27.9 Å². The number of aromatic nitrogens is 2. The van der Waals surface area contributed by atoms with Gasteiger partial charge in [0.15, 0.2) is 0 Å². The van der Waals surface area contributed by atoms with Crippen LogP contribution in [0.4, 0.5) is 0 Å². The smallest absolute Gasteiger partial charge is 0.277 e. The molecule has 3 rings (SSSR count). The molecule has 1 aliphatic rings. The molecule has 7 heteroatoms. The Morgan fingerprint density at radius 2 is 2.21 bits per heavy atom. The molecule has 1 amide bonds. The number of amides is 1. The average molecular weight is 349 g/mol. The maximum absolute atomic E-state index is 12.2. The minimum absolute atomic E-state index is 0.0187. The molecular formula is C17H23N3O3S. The van der Waals surface area contributed by atoms with E-state index in [1.807, 2.05) is 6.92 Å². The van der Waals surface area contributed by atoms with E-state index in [1.165, 1.54) is 24.6 Å². The Morgan fingerprint density at radius 1 is 1.38 bits per heavy atom. The highest BCUT2D eigenvalue weighted by molar-refractivity contribution is 7.99. The van der Waals surface area contributed by atoms with E-state index in [4.69, 9.17) is 8.83 Å². The summed E-state index contributed by atoms with van der Waals surface area (Å²) in [5, 5.41) is 11.5. The van der Waals surface area contributed by atoms with Crippen LogP contribution in [0.2, 0.25) is 0 Å². The highest BCUT2D eigenvalue weighted by Crippen LogP contribution is 2.30. The van der Waals surface area contributed by atoms with Crippen molar-refractivity contribution < 1.29 is 13.6 Å². The van der Waals surface area contributed by atoms with E-state index in [9.17, 15) is 4.79 Å². The third kappa shape index (κ3) is 3.83. The molecular weight excluding hydrogens is 326 g/mol. The number of carbonyl (C=O) groups is 1. The van der Waals surface area contributed by atoms with Crippen molar-refractivity contribution in [3.05, 3.63) is 18.1 Å². The van der Waals surface area contributed by atoms with E-state index >= 15 is 0 Å². The largest absolute Gasteiger partial charge is 0.469 e. The van der Waals surface area contributed by atoms with Gasteiger partial charge in [-0.3, -0.25) is 4.79 Å². The van der Waals surface area contributed by atoms with Crippen LogP contribution in [0.3, 0.4) is 0 Å². The van der Waals surface area contributed by atoms with Gasteiger partial charge in [-0.25, -0.2) is 0 Å². The number of hydrogen-bond donors (Lipinski definition) is 1. The van der Waals surface area contributed by atoms with Gasteiger partial charge in [0.05, 0.1) is 17.6 Å². The van der Waals surface area contributed by atoms with Crippen molar-refractivity contribution in [2.24, 2.45) is 11.8 Å². The van der Waals surface area contributed by atoms with Crippen LogP contribution in [-0.2, 0) is 4.79 Å². The molecule has 3 atom stereocenters. The van der Waals surface area contributed by atoms with Gasteiger partial charge >= 0.3 is 0 Å². The zero-order chi connectivity index (χ0) is 17.1. The summed E-state index contributed by atoms with van der Waals surface area (Å²) < 4.78 is 10.8. The number of carbonyl (C=O) groups excluding carboxylic acids is 1. The molecule has 24 heavy (non-hydrogen) atoms. The van der Waals surface area contributed by atoms with Gasteiger partial charge in [-0.1, -0.05) is 38.5 Å². The number of nitrogens with one attached hydrogen (secondary N) is 1. The summed E-state index contributed by atoms with van der Waals surface area (Å²) in [6, 6.07) is 2.06. The topological polar surface area (TPSA) is 81.2 Å². The molecule has 0 radical (unpaired) electrons. The summed E-state index contributed by atoms with van der Waals surface area (Å²) in [7, 11) is 0. The third-order valence-corrected chi connectivity index (χ3v) is 5.69. The van der Waals surface area contributed by atoms with Crippen molar-refractivity contribution in [2.45, 2.75) is 51.3 Å². The fourth-order valence-electron chi connectivity index (χ4n) is 3.15. The zero-order valence-electron chi connectivity index (χ0n) is 14.2. The van der Waals surface area contributed by atoms with Gasteiger partial charge in [0, 0.05) is 6.04 Å². The number of furan rings is 1. The number of aryl methyl sites for hydroxylation is 1. The highest BCUT2D eigenvalue weighted by atomic mass is 32.2. The number of nitrogens with zero attached hydrogens (tertiary/aromatic N) is 2. The first-order chi connectivity index (χ1) is 11.5. The first-order valence-electron chi connectivity index (χ1n) is 8.34. The van der Waals surface area contributed by atoms with Crippen molar-refractivity contribution in [2.75, 3.05) is 5.75 Å². The van der Waals surface area contributed by atoms with Crippen LogP contribution in [0.25, 0.3) is 11.5 Å². The van der Waals surface area contributed by atoms with Crippen molar-refractivity contribution in [3.8, 4) is 11.5 Å². The summed E-state index contributed by atoms with van der Waals surface area (Å²) in [6.07, 6.45) is 5.08. The highest BCUT2D eigenvalue weighted by Gasteiger charge is 2.28. The molecule has 0 bridgehead atoms. The predicted molar refractivity (Wildman–Crippen MR) is 91.6 cm³/mol. The number of rotatable bonds is 5. The molecule has 0 saturated heterocycles. The van der Waals surface area contributed by atoms with E-state index < -0.39 is 0 Å². The molecule has 2 aromatic rings. The molecule has 3 unspecified atom stereocenters. The molecule has 1 N–H and O–H groups in total. The monoisotopic (exact) mass is 349 g/mol. The Labute approximate surface area is 145 Å². The van der Waals surface area contributed by atoms with Gasteiger partial charge in [-0.05, 0) is 31.2 Å². The Kier molecular flexibility index (Phi) is 5.28. The van der Waals surface area contributed by atoms with Gasteiger partial charge in [-0.2, -0.15) is 0 Å².